The van der Waals surface area contributed by atoms with Gasteiger partial charge >= 0.3 is 6.03 Å². The lowest BCUT2D eigenvalue weighted by Crippen LogP contribution is -2.43. The molecule has 0 bridgehead atoms. The Morgan fingerprint density at radius 1 is 1.26 bits per heavy atom. The fourth-order valence-electron chi connectivity index (χ4n) is 3.35. The average Bonchev–Trinajstić information content (AvgIpc) is 3.04. The van der Waals surface area contributed by atoms with E-state index >= 15 is 0 Å². The fraction of sp³-hybridized carbons (Fsp3) is 0.556. The molecule has 2 amide bonds. The highest BCUT2D eigenvalue weighted by Crippen LogP contribution is 2.35. The van der Waals surface area contributed by atoms with Gasteiger partial charge in [-0.3, -0.25) is 0 Å². The van der Waals surface area contributed by atoms with Gasteiger partial charge in [-0.15, -0.1) is 0 Å². The van der Waals surface area contributed by atoms with Gasteiger partial charge in [-0.25, -0.2) is 9.78 Å². The summed E-state index contributed by atoms with van der Waals surface area (Å²) in [4.78, 5) is 16.8. The Balaban J connectivity index is 1.83. The van der Waals surface area contributed by atoms with Crippen LogP contribution >= 0.6 is 0 Å². The second-order valence-electron chi connectivity index (χ2n) is 7.54. The number of nitrogens with zero attached hydrogens (tertiary/aromatic N) is 2. The quantitative estimate of drug-likeness (QED) is 0.874. The maximum Gasteiger partial charge on any atom is 0.319 e. The van der Waals surface area contributed by atoms with Crippen LogP contribution in [-0.4, -0.2) is 21.1 Å². The molecule has 1 heterocycles. The Morgan fingerprint density at radius 3 is 2.61 bits per heavy atom. The van der Waals surface area contributed by atoms with Gasteiger partial charge in [0.1, 0.15) is 5.82 Å². The summed E-state index contributed by atoms with van der Waals surface area (Å²) in [5.74, 6) is 1.75. The highest BCUT2D eigenvalue weighted by Gasteiger charge is 2.22. The SMILES string of the molecule is Cn1c(C2CCCC2)nc2cc(NC(=O)NC(C)(C)C)ccc21. The molecule has 3 rings (SSSR count). The van der Waals surface area contributed by atoms with Crippen LogP contribution in [0.3, 0.4) is 0 Å². The Kier molecular flexibility index (Phi) is 4.04. The lowest BCUT2D eigenvalue weighted by molar-refractivity contribution is 0.244. The minimum atomic E-state index is -0.255. The van der Waals surface area contributed by atoms with E-state index in [1.807, 2.05) is 39.0 Å². The summed E-state index contributed by atoms with van der Waals surface area (Å²) in [7, 11) is 2.09. The summed E-state index contributed by atoms with van der Waals surface area (Å²) in [5.41, 5.74) is 2.58. The molecule has 0 aliphatic heterocycles. The number of anilines is 1. The van der Waals surface area contributed by atoms with E-state index in [9.17, 15) is 4.79 Å². The number of nitrogens with one attached hydrogen (secondary N) is 2. The van der Waals surface area contributed by atoms with Crippen molar-refractivity contribution in [1.82, 2.24) is 14.9 Å². The van der Waals surface area contributed by atoms with Crippen molar-refractivity contribution in [2.45, 2.75) is 57.9 Å². The van der Waals surface area contributed by atoms with Crippen molar-refractivity contribution in [3.05, 3.63) is 24.0 Å². The summed E-state index contributed by atoms with van der Waals surface area (Å²) < 4.78 is 2.20. The van der Waals surface area contributed by atoms with Crippen molar-refractivity contribution in [3.63, 3.8) is 0 Å². The molecule has 23 heavy (non-hydrogen) atoms. The molecule has 2 aromatic rings. The molecule has 1 aliphatic carbocycles. The van der Waals surface area contributed by atoms with Gasteiger partial charge in [0.05, 0.1) is 11.0 Å². The van der Waals surface area contributed by atoms with Gasteiger partial charge in [-0.05, 0) is 51.8 Å². The highest BCUT2D eigenvalue weighted by molar-refractivity contribution is 5.92. The number of urea groups is 1. The molecule has 2 N–H and O–H groups in total. The first-order valence-electron chi connectivity index (χ1n) is 8.39. The van der Waals surface area contributed by atoms with Gasteiger partial charge in [-0.1, -0.05) is 12.8 Å². The molecule has 0 atom stereocenters. The number of benzene rings is 1. The van der Waals surface area contributed by atoms with E-state index in [4.69, 9.17) is 4.98 Å². The standard InChI is InChI=1S/C18H26N4O/c1-18(2,3)21-17(23)19-13-9-10-15-14(11-13)20-16(22(15)4)12-7-5-6-8-12/h9-12H,5-8H2,1-4H3,(H2,19,21,23). The molecule has 1 saturated carbocycles. The molecule has 1 fully saturated rings. The van der Waals surface area contributed by atoms with Gasteiger partial charge < -0.3 is 15.2 Å². The third-order valence-electron chi connectivity index (χ3n) is 4.38. The first-order valence-corrected chi connectivity index (χ1v) is 8.39. The van der Waals surface area contributed by atoms with Crippen molar-refractivity contribution in [2.75, 3.05) is 5.32 Å². The number of aromatic nitrogens is 2. The van der Waals surface area contributed by atoms with Crippen molar-refractivity contribution in [2.24, 2.45) is 7.05 Å². The Bertz CT molecular complexity index is 720. The van der Waals surface area contributed by atoms with Gasteiger partial charge in [-0.2, -0.15) is 0 Å². The third-order valence-corrected chi connectivity index (χ3v) is 4.38. The average molecular weight is 314 g/mol. The van der Waals surface area contributed by atoms with Crippen LogP contribution in [0.1, 0.15) is 58.2 Å². The Morgan fingerprint density at radius 2 is 1.96 bits per heavy atom. The molecule has 5 heteroatoms. The summed E-state index contributed by atoms with van der Waals surface area (Å²) in [6.45, 7) is 5.88. The second kappa shape index (κ2) is 5.87. The van der Waals surface area contributed by atoms with Crippen LogP contribution in [0, 0.1) is 0 Å². The lowest BCUT2D eigenvalue weighted by Gasteiger charge is -2.20. The Hall–Kier alpha value is -2.04. The fourth-order valence-corrected chi connectivity index (χ4v) is 3.35. The van der Waals surface area contributed by atoms with Gasteiger partial charge in [0.25, 0.3) is 0 Å². The van der Waals surface area contributed by atoms with E-state index in [1.54, 1.807) is 0 Å². The van der Waals surface area contributed by atoms with Crippen molar-refractivity contribution in [1.29, 1.82) is 0 Å². The minimum Gasteiger partial charge on any atom is -0.333 e. The summed E-state index contributed by atoms with van der Waals surface area (Å²) in [6.07, 6.45) is 5.06. The maximum atomic E-state index is 12.0. The topological polar surface area (TPSA) is 59.0 Å². The number of fused-ring (bicyclic) bond motifs is 1. The minimum absolute atomic E-state index is 0.191. The van der Waals surface area contributed by atoms with Gasteiger partial charge in [0.2, 0.25) is 0 Å². The molecule has 0 unspecified atom stereocenters. The zero-order chi connectivity index (χ0) is 16.6. The van der Waals surface area contributed by atoms with E-state index in [1.165, 1.54) is 31.5 Å². The molecular weight excluding hydrogens is 288 g/mol. The number of carbonyl (C=O) groups is 1. The van der Waals surface area contributed by atoms with E-state index in [-0.39, 0.29) is 11.6 Å². The lowest BCUT2D eigenvalue weighted by atomic mass is 10.1. The van der Waals surface area contributed by atoms with Crippen LogP contribution in [0.5, 0.6) is 0 Å². The molecular formula is C18H26N4O. The first-order chi connectivity index (χ1) is 10.8. The van der Waals surface area contributed by atoms with E-state index in [2.05, 4.69) is 22.2 Å². The molecule has 0 spiro atoms. The normalized spacial score (nSPS) is 16.0. The number of hydrogen-bond donors (Lipinski definition) is 2. The smallest absolute Gasteiger partial charge is 0.319 e. The number of amides is 2. The zero-order valence-electron chi connectivity index (χ0n) is 14.4. The van der Waals surface area contributed by atoms with E-state index in [0.717, 1.165) is 16.7 Å². The number of aryl methyl sites for hydroxylation is 1. The molecule has 0 saturated heterocycles. The number of carbonyl (C=O) groups excluding carboxylic acids is 1. The van der Waals surface area contributed by atoms with Crippen molar-refractivity contribution < 1.29 is 4.79 Å². The van der Waals surface area contributed by atoms with Crippen LogP contribution in [0.25, 0.3) is 11.0 Å². The molecule has 0 radical (unpaired) electrons. The van der Waals surface area contributed by atoms with Crippen LogP contribution in [0.4, 0.5) is 10.5 Å². The molecule has 1 aromatic carbocycles. The second-order valence-corrected chi connectivity index (χ2v) is 7.54. The van der Waals surface area contributed by atoms with Gasteiger partial charge in [0, 0.05) is 24.2 Å². The predicted molar refractivity (Wildman–Crippen MR) is 93.8 cm³/mol. The summed E-state index contributed by atoms with van der Waals surface area (Å²) in [6, 6.07) is 5.73. The largest absolute Gasteiger partial charge is 0.333 e. The molecule has 5 nitrogen and oxygen atoms in total. The van der Waals surface area contributed by atoms with E-state index in [0.29, 0.717) is 5.92 Å². The highest BCUT2D eigenvalue weighted by atomic mass is 16.2. The molecule has 1 aromatic heterocycles. The monoisotopic (exact) mass is 314 g/mol. The van der Waals surface area contributed by atoms with Crippen LogP contribution in [0.15, 0.2) is 18.2 Å². The number of hydrogen-bond acceptors (Lipinski definition) is 2. The molecule has 124 valence electrons. The van der Waals surface area contributed by atoms with Crippen LogP contribution in [0.2, 0.25) is 0 Å². The van der Waals surface area contributed by atoms with Crippen molar-refractivity contribution in [3.8, 4) is 0 Å². The van der Waals surface area contributed by atoms with Gasteiger partial charge in [0.15, 0.2) is 0 Å². The van der Waals surface area contributed by atoms with Crippen LogP contribution < -0.4 is 10.6 Å². The van der Waals surface area contributed by atoms with Crippen molar-refractivity contribution >= 4 is 22.8 Å². The maximum absolute atomic E-state index is 12.0. The summed E-state index contributed by atoms with van der Waals surface area (Å²) >= 11 is 0. The zero-order valence-corrected chi connectivity index (χ0v) is 14.4. The Labute approximate surface area is 137 Å². The summed E-state index contributed by atoms with van der Waals surface area (Å²) in [5, 5.41) is 5.79. The third kappa shape index (κ3) is 3.49. The van der Waals surface area contributed by atoms with Crippen LogP contribution in [-0.2, 0) is 7.05 Å². The number of rotatable bonds is 2. The first kappa shape index (κ1) is 15.8. The number of imidazole rings is 1. The predicted octanol–water partition coefficient (Wildman–Crippen LogP) is 4.15. The molecule has 1 aliphatic rings. The van der Waals surface area contributed by atoms with E-state index < -0.39 is 0 Å².